The van der Waals surface area contributed by atoms with Crippen LogP contribution >= 0.6 is 0 Å². The molecule has 0 amide bonds. The zero-order chi connectivity index (χ0) is 15.7. The molecule has 0 unspecified atom stereocenters. The Labute approximate surface area is 130 Å². The van der Waals surface area contributed by atoms with Gasteiger partial charge in [0, 0.05) is 0 Å². The van der Waals surface area contributed by atoms with Gasteiger partial charge in [-0.3, -0.25) is 0 Å². The number of hydrogen-bond acceptors (Lipinski definition) is 1. The van der Waals surface area contributed by atoms with Crippen molar-refractivity contribution in [1.82, 2.24) is 0 Å². The highest BCUT2D eigenvalue weighted by Gasteiger charge is 2.51. The molecule has 2 aliphatic carbocycles. The van der Waals surface area contributed by atoms with Gasteiger partial charge in [-0.05, 0) is 60.8 Å². The lowest BCUT2D eigenvalue weighted by Crippen LogP contribution is -2.48. The molecule has 118 valence electrons. The van der Waals surface area contributed by atoms with Crippen molar-refractivity contribution >= 4 is 0 Å². The number of fused-ring (bicyclic) bond motifs is 1. The quantitative estimate of drug-likeness (QED) is 0.551. The Morgan fingerprint density at radius 1 is 1.38 bits per heavy atom. The highest BCUT2D eigenvalue weighted by molar-refractivity contribution is 5.23. The summed E-state index contributed by atoms with van der Waals surface area (Å²) in [5.41, 5.74) is 3.25. The number of rotatable bonds is 4. The van der Waals surface area contributed by atoms with Crippen molar-refractivity contribution in [1.29, 1.82) is 0 Å². The van der Waals surface area contributed by atoms with Crippen LogP contribution in [0.5, 0.6) is 0 Å². The number of aliphatic hydroxyl groups excluding tert-OH is 1. The first-order valence-electron chi connectivity index (χ1n) is 8.44. The van der Waals surface area contributed by atoms with Gasteiger partial charge in [0.1, 0.15) is 0 Å². The molecule has 1 heteroatoms. The van der Waals surface area contributed by atoms with Crippen molar-refractivity contribution in [2.75, 3.05) is 6.61 Å². The van der Waals surface area contributed by atoms with E-state index in [4.69, 9.17) is 0 Å². The average Bonchev–Trinajstić information content (AvgIpc) is 2.43. The molecule has 1 saturated carbocycles. The molecule has 3 atom stereocenters. The van der Waals surface area contributed by atoms with Crippen LogP contribution in [0.25, 0.3) is 0 Å². The topological polar surface area (TPSA) is 20.2 Å². The first kappa shape index (κ1) is 16.5. The SMILES string of the molecule is C=C/C(C)=C/C[C@H]1C(CO)=CC[C@@H]2C(C)(C)CCC[C@@]21C. The lowest BCUT2D eigenvalue weighted by molar-refractivity contribution is -0.0390. The van der Waals surface area contributed by atoms with E-state index >= 15 is 0 Å². The number of allylic oxidation sites excluding steroid dienone is 4. The maximum Gasteiger partial charge on any atom is 0.0644 e. The largest absolute Gasteiger partial charge is 0.392 e. The van der Waals surface area contributed by atoms with Crippen LogP contribution in [0.1, 0.15) is 59.8 Å². The Hall–Kier alpha value is -0.820. The molecule has 0 spiro atoms. The second kappa shape index (κ2) is 6.12. The maximum absolute atomic E-state index is 9.81. The van der Waals surface area contributed by atoms with Gasteiger partial charge in [-0.25, -0.2) is 0 Å². The molecule has 0 radical (unpaired) electrons. The van der Waals surface area contributed by atoms with Crippen LogP contribution in [-0.4, -0.2) is 11.7 Å². The zero-order valence-electron chi connectivity index (χ0n) is 14.3. The third kappa shape index (κ3) is 3.04. The molecular formula is C20H32O. The summed E-state index contributed by atoms with van der Waals surface area (Å²) in [5.74, 6) is 1.22. The molecule has 21 heavy (non-hydrogen) atoms. The van der Waals surface area contributed by atoms with E-state index in [1.54, 1.807) is 0 Å². The molecule has 0 aromatic heterocycles. The Morgan fingerprint density at radius 2 is 2.10 bits per heavy atom. The molecular weight excluding hydrogens is 256 g/mol. The second-order valence-electron chi connectivity index (χ2n) is 8.01. The zero-order valence-corrected chi connectivity index (χ0v) is 14.3. The van der Waals surface area contributed by atoms with Crippen molar-refractivity contribution in [3.05, 3.63) is 36.0 Å². The molecule has 2 rings (SSSR count). The van der Waals surface area contributed by atoms with E-state index in [1.807, 2.05) is 6.08 Å². The minimum absolute atomic E-state index is 0.217. The van der Waals surface area contributed by atoms with Gasteiger partial charge in [0.05, 0.1) is 6.61 Å². The first-order valence-corrected chi connectivity index (χ1v) is 8.44. The van der Waals surface area contributed by atoms with Crippen LogP contribution in [0.4, 0.5) is 0 Å². The van der Waals surface area contributed by atoms with Gasteiger partial charge in [0.25, 0.3) is 0 Å². The fourth-order valence-electron chi connectivity index (χ4n) is 4.99. The van der Waals surface area contributed by atoms with E-state index in [0.29, 0.717) is 16.7 Å². The van der Waals surface area contributed by atoms with Crippen LogP contribution in [0.2, 0.25) is 0 Å². The molecule has 2 aliphatic rings. The normalized spacial score (nSPS) is 35.9. The van der Waals surface area contributed by atoms with Gasteiger partial charge in [0.2, 0.25) is 0 Å². The van der Waals surface area contributed by atoms with Crippen LogP contribution in [0.15, 0.2) is 36.0 Å². The molecule has 0 heterocycles. The van der Waals surface area contributed by atoms with Crippen LogP contribution in [-0.2, 0) is 0 Å². The van der Waals surface area contributed by atoms with Crippen LogP contribution in [0, 0.1) is 22.7 Å². The van der Waals surface area contributed by atoms with E-state index in [1.165, 1.54) is 30.4 Å². The lowest BCUT2D eigenvalue weighted by Gasteiger charge is -2.57. The summed E-state index contributed by atoms with van der Waals surface area (Å²) in [4.78, 5) is 0. The molecule has 0 aromatic rings. The fraction of sp³-hybridized carbons (Fsp3) is 0.700. The Kier molecular flexibility index (Phi) is 4.82. The predicted octanol–water partition coefficient (Wildman–Crippen LogP) is 5.28. The van der Waals surface area contributed by atoms with E-state index in [2.05, 4.69) is 46.4 Å². The number of hydrogen-bond donors (Lipinski definition) is 1. The number of aliphatic hydroxyl groups is 1. The fourth-order valence-corrected chi connectivity index (χ4v) is 4.99. The summed E-state index contributed by atoms with van der Waals surface area (Å²) in [6, 6.07) is 0. The van der Waals surface area contributed by atoms with Crippen molar-refractivity contribution in [2.24, 2.45) is 22.7 Å². The van der Waals surface area contributed by atoms with Crippen molar-refractivity contribution in [3.63, 3.8) is 0 Å². The third-order valence-corrected chi connectivity index (χ3v) is 6.32. The Morgan fingerprint density at radius 3 is 2.71 bits per heavy atom. The monoisotopic (exact) mass is 288 g/mol. The molecule has 0 bridgehead atoms. The van der Waals surface area contributed by atoms with Crippen LogP contribution < -0.4 is 0 Å². The van der Waals surface area contributed by atoms with Crippen molar-refractivity contribution in [3.8, 4) is 0 Å². The van der Waals surface area contributed by atoms with Crippen LogP contribution in [0.3, 0.4) is 0 Å². The summed E-state index contributed by atoms with van der Waals surface area (Å²) in [6.45, 7) is 13.5. The molecule has 1 nitrogen and oxygen atoms in total. The van der Waals surface area contributed by atoms with Gasteiger partial charge in [0.15, 0.2) is 0 Å². The minimum atomic E-state index is 0.217. The van der Waals surface area contributed by atoms with Crippen molar-refractivity contribution < 1.29 is 5.11 Å². The van der Waals surface area contributed by atoms with Gasteiger partial charge < -0.3 is 5.11 Å². The maximum atomic E-state index is 9.81. The molecule has 0 aliphatic heterocycles. The highest BCUT2D eigenvalue weighted by atomic mass is 16.3. The van der Waals surface area contributed by atoms with Gasteiger partial charge in [-0.15, -0.1) is 0 Å². The lowest BCUT2D eigenvalue weighted by atomic mass is 9.48. The van der Waals surface area contributed by atoms with Gasteiger partial charge in [-0.2, -0.15) is 0 Å². The second-order valence-corrected chi connectivity index (χ2v) is 8.01. The molecule has 1 N–H and O–H groups in total. The molecule has 0 aromatic carbocycles. The Bertz CT molecular complexity index is 454. The minimum Gasteiger partial charge on any atom is -0.392 e. The molecule has 1 fully saturated rings. The summed E-state index contributed by atoms with van der Waals surface area (Å²) < 4.78 is 0. The predicted molar refractivity (Wildman–Crippen MR) is 91.1 cm³/mol. The first-order chi connectivity index (χ1) is 9.85. The summed E-state index contributed by atoms with van der Waals surface area (Å²) in [6.07, 6.45) is 12.7. The summed E-state index contributed by atoms with van der Waals surface area (Å²) in [7, 11) is 0. The third-order valence-electron chi connectivity index (χ3n) is 6.32. The molecule has 0 saturated heterocycles. The Balaban J connectivity index is 2.35. The highest BCUT2D eigenvalue weighted by Crippen LogP contribution is 2.60. The smallest absolute Gasteiger partial charge is 0.0644 e. The average molecular weight is 288 g/mol. The standard InChI is InChI=1S/C20H32O/c1-6-15(2)8-10-17-16(14-21)9-11-18-19(3,4)12-7-13-20(17,18)5/h6,8-9,17-18,21H,1,7,10-14H2,2-5H3/b15-8+/t17-,18+,20+/m0/s1. The summed E-state index contributed by atoms with van der Waals surface area (Å²) >= 11 is 0. The summed E-state index contributed by atoms with van der Waals surface area (Å²) in [5, 5.41) is 9.81. The van der Waals surface area contributed by atoms with E-state index in [0.717, 1.165) is 18.8 Å². The van der Waals surface area contributed by atoms with Crippen molar-refractivity contribution in [2.45, 2.75) is 59.8 Å². The van der Waals surface area contributed by atoms with Gasteiger partial charge >= 0.3 is 0 Å². The van der Waals surface area contributed by atoms with E-state index in [9.17, 15) is 5.11 Å². The van der Waals surface area contributed by atoms with E-state index in [-0.39, 0.29) is 6.61 Å². The van der Waals surface area contributed by atoms with E-state index < -0.39 is 0 Å². The van der Waals surface area contributed by atoms with Gasteiger partial charge in [-0.1, -0.05) is 57.6 Å².